The minimum atomic E-state index is -5.54. The Morgan fingerprint density at radius 2 is 0.672 bits per heavy atom. The van der Waals surface area contributed by atoms with E-state index in [4.69, 9.17) is 4.74 Å². The number of ketones is 5. The Morgan fingerprint density at radius 1 is 0.403 bits per heavy atom. The second-order valence-corrected chi connectivity index (χ2v) is 14.3. The molecule has 67 heavy (non-hydrogen) atoms. The van der Waals surface area contributed by atoms with Crippen molar-refractivity contribution in [2.45, 2.75) is 22.9 Å². The van der Waals surface area contributed by atoms with Crippen LogP contribution in [0.4, 0.5) is 0 Å². The van der Waals surface area contributed by atoms with E-state index in [0.29, 0.717) is 12.1 Å². The SMILES string of the molecule is O=C(OCC(O)C(O)(C(=O)c1cc(O)c(O)c(O)c1)C(O)(C(=O)c1cc(O)c(O)c(O)c1)C(O)(C(=O)C(=O)c1cc(O)c(O)c(O)c1)C(=O)c1cc(O)c(O)c(O)c1)c1cc(O)c(O)c(O)c1. The maximum absolute atomic E-state index is 15.1. The summed E-state index contributed by atoms with van der Waals surface area (Å²) in [5.41, 5.74) is -23.3. The highest BCUT2D eigenvalue weighted by Crippen LogP contribution is 2.48. The lowest BCUT2D eigenvalue weighted by Crippen LogP contribution is -2.82. The molecule has 26 heteroatoms. The standard InChI is InChI=1S/C41H32O26/c42-17-1-12(2-18(43)29(17)54)28(53)37(62)40(65,35(60)14-5-21(46)31(56)22(47)6-14)41(66,36(61)15-7-23(48)32(57)24(49)8-15)39(64,34(59)13-3-19(44)30(55)20(45)4-13)27(52)11-67-38(63)16-9-25(50)33(58)26(51)10-16/h1-10,27,42-52,54-58,64-66H,11H2. The van der Waals surface area contributed by atoms with Gasteiger partial charge in [0.05, 0.1) is 5.56 Å². The first-order valence-corrected chi connectivity index (χ1v) is 18.0. The number of hydrogen-bond acceptors (Lipinski definition) is 26. The Hall–Kier alpha value is -9.24. The van der Waals surface area contributed by atoms with Crippen LogP contribution in [0.3, 0.4) is 0 Å². The number of aliphatic hydroxyl groups excluding tert-OH is 1. The van der Waals surface area contributed by atoms with Crippen molar-refractivity contribution < 1.29 is 131 Å². The van der Waals surface area contributed by atoms with Gasteiger partial charge in [-0.1, -0.05) is 0 Å². The summed E-state index contributed by atoms with van der Waals surface area (Å²) in [6.07, 6.45) is -3.72. The minimum absolute atomic E-state index is 0.0209. The van der Waals surface area contributed by atoms with Gasteiger partial charge < -0.3 is 102 Å². The third-order valence-corrected chi connectivity index (χ3v) is 10.1. The number of aromatic hydroxyl groups is 15. The molecule has 0 heterocycles. The van der Waals surface area contributed by atoms with Crippen LogP contribution in [0.25, 0.3) is 0 Å². The molecule has 0 radical (unpaired) electrons. The molecule has 0 aliphatic rings. The second-order valence-electron chi connectivity index (χ2n) is 14.3. The van der Waals surface area contributed by atoms with E-state index >= 15 is 4.79 Å². The molecule has 0 bridgehead atoms. The fourth-order valence-corrected chi connectivity index (χ4v) is 6.56. The van der Waals surface area contributed by atoms with Crippen LogP contribution in [0, 0.1) is 0 Å². The number of esters is 1. The van der Waals surface area contributed by atoms with E-state index in [9.17, 15) is 121 Å². The van der Waals surface area contributed by atoms with Crippen molar-refractivity contribution in [2.24, 2.45) is 0 Å². The summed E-state index contributed by atoms with van der Waals surface area (Å²) in [5.74, 6) is -36.9. The number of hydrogen-bond donors (Lipinski definition) is 19. The van der Waals surface area contributed by atoms with E-state index in [2.05, 4.69) is 0 Å². The average Bonchev–Trinajstić information content (AvgIpc) is 3.28. The molecule has 352 valence electrons. The summed E-state index contributed by atoms with van der Waals surface area (Å²) in [6, 6.07) is 1.39. The van der Waals surface area contributed by atoms with Gasteiger partial charge in [0.2, 0.25) is 40.1 Å². The van der Waals surface area contributed by atoms with Crippen molar-refractivity contribution in [3.05, 3.63) is 88.5 Å². The van der Waals surface area contributed by atoms with Crippen molar-refractivity contribution in [3.63, 3.8) is 0 Å². The molecular weight excluding hydrogens is 908 g/mol. The molecule has 26 nitrogen and oxygen atoms in total. The molecule has 0 aliphatic carbocycles. The topological polar surface area (TPSA) is 496 Å². The van der Waals surface area contributed by atoms with Crippen LogP contribution in [0.1, 0.15) is 51.8 Å². The van der Waals surface area contributed by atoms with Gasteiger partial charge in [-0.2, -0.15) is 0 Å². The predicted octanol–water partition coefficient (Wildman–Crippen LogP) is -0.918. The zero-order chi connectivity index (χ0) is 50.6. The number of phenolic OH excluding ortho intramolecular Hbond substituents is 15. The number of phenols is 15. The van der Waals surface area contributed by atoms with Gasteiger partial charge in [-0.05, 0) is 60.7 Å². The van der Waals surface area contributed by atoms with Crippen LogP contribution in [0.2, 0.25) is 0 Å². The lowest BCUT2D eigenvalue weighted by molar-refractivity contribution is -0.212. The van der Waals surface area contributed by atoms with E-state index in [-0.39, 0.29) is 48.5 Å². The number of carbonyl (C=O) groups is 6. The molecule has 4 atom stereocenters. The van der Waals surface area contributed by atoms with Gasteiger partial charge >= 0.3 is 5.97 Å². The molecular formula is C41H32O26. The Kier molecular flexibility index (Phi) is 12.4. The molecule has 4 unspecified atom stereocenters. The quantitative estimate of drug-likeness (QED) is 0.0198. The molecule has 0 amide bonds. The first-order valence-electron chi connectivity index (χ1n) is 18.0. The molecule has 5 aromatic rings. The maximum Gasteiger partial charge on any atom is 0.338 e. The van der Waals surface area contributed by atoms with Crippen molar-refractivity contribution in [3.8, 4) is 86.2 Å². The summed E-state index contributed by atoms with van der Waals surface area (Å²) in [5, 5.41) is 202. The molecule has 0 aliphatic heterocycles. The fraction of sp³-hybridized carbons (Fsp3) is 0.122. The minimum Gasteiger partial charge on any atom is -0.504 e. The largest absolute Gasteiger partial charge is 0.504 e. The number of benzene rings is 5. The lowest BCUT2D eigenvalue weighted by Gasteiger charge is -2.49. The Balaban J connectivity index is 1.97. The molecule has 19 N–H and O–H groups in total. The van der Waals surface area contributed by atoms with Crippen LogP contribution in [0.5, 0.6) is 86.2 Å². The first-order chi connectivity index (χ1) is 31.0. The van der Waals surface area contributed by atoms with Crippen LogP contribution in [-0.4, -0.2) is 161 Å². The van der Waals surface area contributed by atoms with Gasteiger partial charge in [-0.15, -0.1) is 0 Å². The van der Waals surface area contributed by atoms with Gasteiger partial charge in [-0.25, -0.2) is 4.79 Å². The fourth-order valence-electron chi connectivity index (χ4n) is 6.56. The molecule has 0 saturated heterocycles. The summed E-state index contributed by atoms with van der Waals surface area (Å²) >= 11 is 0. The van der Waals surface area contributed by atoms with Gasteiger partial charge in [0.15, 0.2) is 91.8 Å². The number of Topliss-reactive ketones (excluding diaryl/α,β-unsaturated/α-hetero) is 5. The normalized spacial score (nSPS) is 14.4. The first kappa shape index (κ1) is 48.8. The summed E-state index contributed by atoms with van der Waals surface area (Å²) in [6.45, 7) is -2.09. The van der Waals surface area contributed by atoms with Crippen LogP contribution >= 0.6 is 0 Å². The highest BCUT2D eigenvalue weighted by Gasteiger charge is 2.78. The molecule has 0 aromatic heterocycles. The zero-order valence-electron chi connectivity index (χ0n) is 32.9. The summed E-state index contributed by atoms with van der Waals surface area (Å²) in [4.78, 5) is 86.8. The second kappa shape index (κ2) is 17.0. The smallest absolute Gasteiger partial charge is 0.338 e. The van der Waals surface area contributed by atoms with Gasteiger partial charge in [-0.3, -0.25) is 24.0 Å². The highest BCUT2D eigenvalue weighted by atomic mass is 16.5. The molecule has 0 spiro atoms. The third kappa shape index (κ3) is 7.80. The number of rotatable bonds is 15. The van der Waals surface area contributed by atoms with E-state index < -0.39 is 178 Å². The maximum atomic E-state index is 15.1. The molecule has 0 saturated carbocycles. The van der Waals surface area contributed by atoms with Gasteiger partial charge in [0, 0.05) is 22.3 Å². The highest BCUT2D eigenvalue weighted by molar-refractivity contribution is 6.52. The average molecular weight is 941 g/mol. The van der Waals surface area contributed by atoms with E-state index in [1.165, 1.54) is 0 Å². The van der Waals surface area contributed by atoms with E-state index in [1.807, 2.05) is 0 Å². The number of ether oxygens (including phenoxy) is 1. The molecule has 5 aromatic carbocycles. The zero-order valence-corrected chi connectivity index (χ0v) is 32.9. The number of aliphatic hydroxyl groups is 4. The third-order valence-electron chi connectivity index (χ3n) is 10.1. The van der Waals surface area contributed by atoms with Crippen molar-refractivity contribution in [1.29, 1.82) is 0 Å². The van der Waals surface area contributed by atoms with Crippen molar-refractivity contribution in [1.82, 2.24) is 0 Å². The molecule has 5 rings (SSSR count). The lowest BCUT2D eigenvalue weighted by atomic mass is 9.58. The van der Waals surface area contributed by atoms with Crippen LogP contribution in [0.15, 0.2) is 60.7 Å². The van der Waals surface area contributed by atoms with Gasteiger partial charge in [0.25, 0.3) is 0 Å². The van der Waals surface area contributed by atoms with E-state index in [0.717, 1.165) is 0 Å². The van der Waals surface area contributed by atoms with Crippen molar-refractivity contribution in [2.75, 3.05) is 6.61 Å². The summed E-state index contributed by atoms with van der Waals surface area (Å²) in [7, 11) is 0. The van der Waals surface area contributed by atoms with Crippen LogP contribution < -0.4 is 0 Å². The van der Waals surface area contributed by atoms with Crippen LogP contribution in [-0.2, 0) is 9.53 Å². The number of carbonyl (C=O) groups excluding carboxylic acids is 6. The molecule has 0 fully saturated rings. The summed E-state index contributed by atoms with van der Waals surface area (Å²) < 4.78 is 4.82. The monoisotopic (exact) mass is 940 g/mol. The predicted molar refractivity (Wildman–Crippen MR) is 211 cm³/mol. The Morgan fingerprint density at radius 3 is 1.00 bits per heavy atom. The van der Waals surface area contributed by atoms with Crippen molar-refractivity contribution >= 4 is 34.9 Å². The Labute approximate surface area is 369 Å². The Bertz CT molecular complexity index is 2840. The van der Waals surface area contributed by atoms with E-state index in [1.54, 1.807) is 0 Å². The van der Waals surface area contributed by atoms with Gasteiger partial charge in [0.1, 0.15) is 12.7 Å².